The first-order valence-corrected chi connectivity index (χ1v) is 6.97. The number of hydrogen-bond acceptors (Lipinski definition) is 5. The topological polar surface area (TPSA) is 70.8 Å². The predicted octanol–water partition coefficient (Wildman–Crippen LogP) is 3.19. The van der Waals surface area contributed by atoms with E-state index in [4.69, 9.17) is 19.9 Å². The van der Waals surface area contributed by atoms with E-state index in [1.807, 2.05) is 0 Å². The number of nitrogen functional groups attached to an aromatic ring is 1. The molecular formula is C18H19NO4. The minimum Gasteiger partial charge on any atom is -0.496 e. The molecule has 2 aromatic carbocycles. The molecule has 2 rings (SSSR count). The van der Waals surface area contributed by atoms with E-state index in [-0.39, 0.29) is 5.78 Å². The third kappa shape index (κ3) is 3.83. The molecule has 2 N–H and O–H groups in total. The summed E-state index contributed by atoms with van der Waals surface area (Å²) in [6.07, 6.45) is 3.13. The van der Waals surface area contributed by atoms with Crippen LogP contribution in [0.15, 0.2) is 42.5 Å². The summed E-state index contributed by atoms with van der Waals surface area (Å²) in [7, 11) is 4.66. The maximum absolute atomic E-state index is 12.2. The third-order valence-electron chi connectivity index (χ3n) is 3.35. The number of hydrogen-bond donors (Lipinski definition) is 1. The third-order valence-corrected chi connectivity index (χ3v) is 3.35. The lowest BCUT2D eigenvalue weighted by molar-refractivity contribution is 0.104. The molecule has 0 bridgehead atoms. The van der Waals surface area contributed by atoms with Gasteiger partial charge in [0, 0.05) is 23.4 Å². The van der Waals surface area contributed by atoms with Crippen LogP contribution in [0.1, 0.15) is 15.9 Å². The van der Waals surface area contributed by atoms with Gasteiger partial charge in [-0.2, -0.15) is 0 Å². The van der Waals surface area contributed by atoms with Crippen LogP contribution in [0.2, 0.25) is 0 Å². The van der Waals surface area contributed by atoms with Crippen molar-refractivity contribution in [1.82, 2.24) is 0 Å². The van der Waals surface area contributed by atoms with Crippen LogP contribution in [0.3, 0.4) is 0 Å². The van der Waals surface area contributed by atoms with Crippen LogP contribution in [0.25, 0.3) is 6.08 Å². The molecule has 0 spiro atoms. The van der Waals surface area contributed by atoms with Gasteiger partial charge in [-0.3, -0.25) is 4.79 Å². The number of rotatable bonds is 6. The Kier molecular flexibility index (Phi) is 5.25. The summed E-state index contributed by atoms with van der Waals surface area (Å²) in [5, 5.41) is 0. The van der Waals surface area contributed by atoms with Crippen LogP contribution in [0.5, 0.6) is 17.2 Å². The largest absolute Gasteiger partial charge is 0.496 e. The van der Waals surface area contributed by atoms with Crippen LogP contribution in [0, 0.1) is 0 Å². The quantitative estimate of drug-likeness (QED) is 0.504. The number of anilines is 1. The molecule has 120 valence electrons. The number of carbonyl (C=O) groups is 1. The molecule has 0 saturated heterocycles. The van der Waals surface area contributed by atoms with Crippen molar-refractivity contribution in [1.29, 1.82) is 0 Å². The van der Waals surface area contributed by atoms with Crippen molar-refractivity contribution in [2.75, 3.05) is 27.1 Å². The molecule has 0 fully saturated rings. The number of ether oxygens (including phenoxy) is 3. The van der Waals surface area contributed by atoms with E-state index < -0.39 is 0 Å². The van der Waals surface area contributed by atoms with Gasteiger partial charge in [-0.15, -0.1) is 0 Å². The Balaban J connectivity index is 2.34. The van der Waals surface area contributed by atoms with Gasteiger partial charge < -0.3 is 19.9 Å². The lowest BCUT2D eigenvalue weighted by Crippen LogP contribution is -1.97. The lowest BCUT2D eigenvalue weighted by Gasteiger charge is -2.12. The van der Waals surface area contributed by atoms with E-state index >= 15 is 0 Å². The maximum atomic E-state index is 12.2. The Bertz CT molecular complexity index is 695. The highest BCUT2D eigenvalue weighted by Crippen LogP contribution is 2.35. The summed E-state index contributed by atoms with van der Waals surface area (Å²) in [4.78, 5) is 12.2. The Hall–Kier alpha value is -2.95. The normalized spacial score (nSPS) is 10.6. The average Bonchev–Trinajstić information content (AvgIpc) is 2.59. The van der Waals surface area contributed by atoms with Gasteiger partial charge in [-0.25, -0.2) is 0 Å². The van der Waals surface area contributed by atoms with Gasteiger partial charge in [0.2, 0.25) is 0 Å². The van der Waals surface area contributed by atoms with Crippen molar-refractivity contribution in [2.24, 2.45) is 0 Å². The average molecular weight is 313 g/mol. The molecule has 0 aromatic heterocycles. The first-order chi connectivity index (χ1) is 11.1. The first-order valence-electron chi connectivity index (χ1n) is 6.97. The molecule has 0 aliphatic heterocycles. The van der Waals surface area contributed by atoms with E-state index in [0.29, 0.717) is 34.1 Å². The minimum absolute atomic E-state index is 0.134. The van der Waals surface area contributed by atoms with Gasteiger partial charge in [0.15, 0.2) is 5.78 Å². The van der Waals surface area contributed by atoms with Gasteiger partial charge >= 0.3 is 0 Å². The van der Waals surface area contributed by atoms with Crippen LogP contribution in [-0.2, 0) is 0 Å². The summed E-state index contributed by atoms with van der Waals surface area (Å²) in [5.74, 6) is 1.59. The monoisotopic (exact) mass is 313 g/mol. The van der Waals surface area contributed by atoms with Crippen molar-refractivity contribution in [3.63, 3.8) is 0 Å². The Morgan fingerprint density at radius 2 is 1.52 bits per heavy atom. The fourth-order valence-electron chi connectivity index (χ4n) is 2.10. The molecule has 2 aromatic rings. The van der Waals surface area contributed by atoms with Gasteiger partial charge in [-0.1, -0.05) is 0 Å². The van der Waals surface area contributed by atoms with E-state index in [1.54, 1.807) is 63.8 Å². The highest BCUT2D eigenvalue weighted by molar-refractivity contribution is 6.07. The van der Waals surface area contributed by atoms with E-state index in [0.717, 1.165) is 0 Å². The summed E-state index contributed by atoms with van der Waals surface area (Å²) >= 11 is 0. The number of nitrogens with two attached hydrogens (primary N) is 1. The molecule has 23 heavy (non-hydrogen) atoms. The molecule has 5 heteroatoms. The maximum Gasteiger partial charge on any atom is 0.185 e. The Labute approximate surface area is 135 Å². The van der Waals surface area contributed by atoms with Crippen molar-refractivity contribution in [3.05, 3.63) is 53.6 Å². The molecule has 0 aliphatic rings. The second kappa shape index (κ2) is 7.35. The zero-order valence-electron chi connectivity index (χ0n) is 13.3. The smallest absolute Gasteiger partial charge is 0.185 e. The second-order valence-corrected chi connectivity index (χ2v) is 4.77. The van der Waals surface area contributed by atoms with Crippen molar-refractivity contribution in [3.8, 4) is 17.2 Å². The van der Waals surface area contributed by atoms with Crippen LogP contribution in [0.4, 0.5) is 5.69 Å². The Morgan fingerprint density at radius 1 is 0.957 bits per heavy atom. The number of allylic oxidation sites excluding steroid dienone is 1. The Morgan fingerprint density at radius 3 is 2.00 bits per heavy atom. The van der Waals surface area contributed by atoms with Crippen molar-refractivity contribution < 1.29 is 19.0 Å². The van der Waals surface area contributed by atoms with Crippen LogP contribution in [-0.4, -0.2) is 27.1 Å². The summed E-state index contributed by atoms with van der Waals surface area (Å²) in [6.45, 7) is 0. The first kappa shape index (κ1) is 16.4. The van der Waals surface area contributed by atoms with Gasteiger partial charge in [0.25, 0.3) is 0 Å². The summed E-state index contributed by atoms with van der Waals surface area (Å²) in [6, 6.07) is 10.2. The number of benzene rings is 2. The van der Waals surface area contributed by atoms with E-state index in [2.05, 4.69) is 0 Å². The predicted molar refractivity (Wildman–Crippen MR) is 90.3 cm³/mol. The number of ketones is 1. The highest BCUT2D eigenvalue weighted by Gasteiger charge is 2.11. The van der Waals surface area contributed by atoms with E-state index in [9.17, 15) is 4.79 Å². The van der Waals surface area contributed by atoms with Crippen LogP contribution < -0.4 is 19.9 Å². The highest BCUT2D eigenvalue weighted by atomic mass is 16.5. The number of carbonyl (C=O) groups excluding carboxylic acids is 1. The lowest BCUT2D eigenvalue weighted by atomic mass is 10.1. The van der Waals surface area contributed by atoms with E-state index in [1.165, 1.54) is 6.08 Å². The zero-order chi connectivity index (χ0) is 16.8. The molecule has 0 saturated carbocycles. The van der Waals surface area contributed by atoms with Gasteiger partial charge in [0.05, 0.1) is 26.9 Å². The molecule has 0 amide bonds. The molecule has 0 aliphatic carbocycles. The van der Waals surface area contributed by atoms with Crippen molar-refractivity contribution >= 4 is 17.5 Å². The fourth-order valence-corrected chi connectivity index (χ4v) is 2.10. The molecule has 5 nitrogen and oxygen atoms in total. The zero-order valence-corrected chi connectivity index (χ0v) is 13.3. The SMILES string of the molecule is COc1cc(OC)c(C=CC(=O)c2ccc(N)cc2)c(OC)c1. The van der Waals surface area contributed by atoms with Crippen LogP contribution >= 0.6 is 0 Å². The summed E-state index contributed by atoms with van der Waals surface area (Å²) in [5.41, 5.74) is 7.46. The number of methoxy groups -OCH3 is 3. The van der Waals surface area contributed by atoms with Gasteiger partial charge in [-0.05, 0) is 36.4 Å². The molecular weight excluding hydrogens is 294 g/mol. The van der Waals surface area contributed by atoms with Crippen molar-refractivity contribution in [2.45, 2.75) is 0 Å². The molecule has 0 heterocycles. The van der Waals surface area contributed by atoms with Gasteiger partial charge in [0.1, 0.15) is 17.2 Å². The fraction of sp³-hybridized carbons (Fsp3) is 0.167. The summed E-state index contributed by atoms with van der Waals surface area (Å²) < 4.78 is 15.9. The molecule has 0 atom stereocenters. The molecule has 0 radical (unpaired) electrons. The minimum atomic E-state index is -0.134. The second-order valence-electron chi connectivity index (χ2n) is 4.77. The standard InChI is InChI=1S/C18H19NO4/c1-21-14-10-17(22-2)15(18(11-14)23-3)8-9-16(20)12-4-6-13(19)7-5-12/h4-11H,19H2,1-3H3. The molecule has 0 unspecified atom stereocenters.